The Morgan fingerprint density at radius 2 is 2.28 bits per heavy atom. The number of phenolic OH excluding ortho intramolecular Hbond substituents is 1. The number of aromatic nitrogens is 3. The van der Waals surface area contributed by atoms with Gasteiger partial charge in [-0.3, -0.25) is 9.89 Å². The summed E-state index contributed by atoms with van der Waals surface area (Å²) in [4.78, 5) is 14.5. The number of carboxylic acids is 1. The van der Waals surface area contributed by atoms with Crippen LogP contribution >= 0.6 is 11.8 Å². The van der Waals surface area contributed by atoms with Crippen molar-refractivity contribution in [3.63, 3.8) is 0 Å². The monoisotopic (exact) mass is 265 g/mol. The van der Waals surface area contributed by atoms with Crippen LogP contribution in [0.1, 0.15) is 5.56 Å². The molecule has 94 valence electrons. The highest BCUT2D eigenvalue weighted by atomic mass is 32.2. The van der Waals surface area contributed by atoms with Crippen LogP contribution < -0.4 is 0 Å². The first-order valence-corrected chi connectivity index (χ1v) is 6.12. The van der Waals surface area contributed by atoms with Crippen molar-refractivity contribution in [2.45, 2.75) is 12.1 Å². The van der Waals surface area contributed by atoms with Crippen molar-refractivity contribution in [2.75, 3.05) is 5.75 Å². The molecule has 0 radical (unpaired) electrons. The summed E-state index contributed by atoms with van der Waals surface area (Å²) in [7, 11) is 0. The third-order valence-corrected chi connectivity index (χ3v) is 3.11. The number of carboxylic acid groups (broad SMARTS) is 1. The Hall–Kier alpha value is -2.02. The third-order valence-electron chi connectivity index (χ3n) is 2.28. The molecular weight excluding hydrogens is 254 g/mol. The lowest BCUT2D eigenvalue weighted by atomic mass is 10.1. The smallest absolute Gasteiger partial charge is 0.313 e. The summed E-state index contributed by atoms with van der Waals surface area (Å²) >= 11 is 1.02. The molecular formula is C11H11N3O3S. The van der Waals surface area contributed by atoms with E-state index in [0.29, 0.717) is 16.5 Å². The van der Waals surface area contributed by atoms with E-state index in [1.807, 2.05) is 0 Å². The van der Waals surface area contributed by atoms with Crippen LogP contribution in [0, 0.1) is 6.92 Å². The zero-order valence-corrected chi connectivity index (χ0v) is 10.4. The summed E-state index contributed by atoms with van der Waals surface area (Å²) in [5, 5.41) is 25.3. The number of aryl methyl sites for hydroxylation is 1. The Morgan fingerprint density at radius 3 is 3.00 bits per heavy atom. The number of H-pyrrole nitrogens is 1. The first-order valence-electron chi connectivity index (χ1n) is 5.14. The van der Waals surface area contributed by atoms with Gasteiger partial charge < -0.3 is 10.2 Å². The minimum absolute atomic E-state index is 0.100. The van der Waals surface area contributed by atoms with E-state index in [4.69, 9.17) is 5.11 Å². The van der Waals surface area contributed by atoms with Crippen LogP contribution in [0.3, 0.4) is 0 Å². The number of phenols is 1. The number of aromatic amines is 1. The van der Waals surface area contributed by atoms with Gasteiger partial charge >= 0.3 is 5.97 Å². The molecule has 0 amide bonds. The Morgan fingerprint density at radius 1 is 1.50 bits per heavy atom. The Balaban J connectivity index is 2.24. The molecule has 1 aromatic carbocycles. The van der Waals surface area contributed by atoms with E-state index >= 15 is 0 Å². The summed E-state index contributed by atoms with van der Waals surface area (Å²) in [6.07, 6.45) is 0. The van der Waals surface area contributed by atoms with Crippen LogP contribution in [-0.4, -0.2) is 37.1 Å². The second-order valence-electron chi connectivity index (χ2n) is 3.62. The predicted octanol–water partition coefficient (Wildman–Crippen LogP) is 1.66. The zero-order valence-electron chi connectivity index (χ0n) is 9.54. The Kier molecular flexibility index (Phi) is 3.52. The maximum Gasteiger partial charge on any atom is 0.313 e. The second kappa shape index (κ2) is 5.09. The lowest BCUT2D eigenvalue weighted by Gasteiger charge is -2.02. The van der Waals surface area contributed by atoms with E-state index in [-0.39, 0.29) is 11.5 Å². The fraction of sp³-hybridized carbons (Fsp3) is 0.182. The molecule has 0 bridgehead atoms. The Bertz CT molecular complexity index is 583. The highest BCUT2D eigenvalue weighted by Crippen LogP contribution is 2.30. The van der Waals surface area contributed by atoms with E-state index < -0.39 is 5.97 Å². The van der Waals surface area contributed by atoms with Gasteiger partial charge in [-0.25, -0.2) is 4.98 Å². The van der Waals surface area contributed by atoms with Crippen molar-refractivity contribution in [2.24, 2.45) is 0 Å². The SMILES string of the molecule is Cc1cccc(-c2nc(SCC(=O)O)n[nH]2)c1O. The minimum Gasteiger partial charge on any atom is -0.507 e. The van der Waals surface area contributed by atoms with Gasteiger partial charge in [0.25, 0.3) is 0 Å². The van der Waals surface area contributed by atoms with Crippen LogP contribution in [0.5, 0.6) is 5.75 Å². The van der Waals surface area contributed by atoms with Gasteiger partial charge in [0.2, 0.25) is 5.16 Å². The maximum absolute atomic E-state index is 10.4. The van der Waals surface area contributed by atoms with Gasteiger partial charge in [0, 0.05) is 0 Å². The molecule has 0 spiro atoms. The second-order valence-corrected chi connectivity index (χ2v) is 4.56. The molecule has 0 unspecified atom stereocenters. The molecule has 0 atom stereocenters. The summed E-state index contributed by atoms with van der Waals surface area (Å²) in [5.74, 6) is -0.464. The van der Waals surface area contributed by atoms with E-state index in [9.17, 15) is 9.90 Å². The lowest BCUT2D eigenvalue weighted by Crippen LogP contribution is -1.97. The molecule has 1 heterocycles. The molecule has 0 aliphatic carbocycles. The molecule has 0 saturated heterocycles. The fourth-order valence-electron chi connectivity index (χ4n) is 1.41. The van der Waals surface area contributed by atoms with Crippen LogP contribution in [0.25, 0.3) is 11.4 Å². The number of nitrogens with one attached hydrogen (secondary N) is 1. The van der Waals surface area contributed by atoms with Crippen LogP contribution in [0.15, 0.2) is 23.4 Å². The molecule has 3 N–H and O–H groups in total. The van der Waals surface area contributed by atoms with Crippen molar-refractivity contribution >= 4 is 17.7 Å². The summed E-state index contributed by atoms with van der Waals surface area (Å²) in [6, 6.07) is 5.31. The lowest BCUT2D eigenvalue weighted by molar-refractivity contribution is -0.133. The molecule has 0 saturated carbocycles. The normalized spacial score (nSPS) is 10.5. The summed E-state index contributed by atoms with van der Waals surface area (Å²) < 4.78 is 0. The molecule has 0 fully saturated rings. The minimum atomic E-state index is -0.926. The number of rotatable bonds is 4. The number of thioether (sulfide) groups is 1. The van der Waals surface area contributed by atoms with Crippen LogP contribution in [0.4, 0.5) is 0 Å². The van der Waals surface area contributed by atoms with Gasteiger partial charge in [-0.15, -0.1) is 5.10 Å². The van der Waals surface area contributed by atoms with Gasteiger partial charge in [0.05, 0.1) is 11.3 Å². The number of nitrogens with zero attached hydrogens (tertiary/aromatic N) is 2. The van der Waals surface area contributed by atoms with E-state index in [2.05, 4.69) is 15.2 Å². The first-order chi connectivity index (χ1) is 8.58. The fourth-order valence-corrected chi connectivity index (χ4v) is 1.93. The number of para-hydroxylation sites is 1. The largest absolute Gasteiger partial charge is 0.507 e. The molecule has 2 aromatic rings. The standard InChI is InChI=1S/C11H11N3O3S/c1-6-3-2-4-7(9(6)17)10-12-11(14-13-10)18-5-8(15)16/h2-4,17H,5H2,1H3,(H,15,16)(H,12,13,14). The number of hydrogen-bond donors (Lipinski definition) is 3. The molecule has 7 heteroatoms. The number of carbonyl (C=O) groups is 1. The topological polar surface area (TPSA) is 99.1 Å². The number of benzene rings is 1. The molecule has 18 heavy (non-hydrogen) atoms. The van der Waals surface area contributed by atoms with E-state index in [1.54, 1.807) is 25.1 Å². The molecule has 6 nitrogen and oxygen atoms in total. The van der Waals surface area contributed by atoms with Crippen LogP contribution in [0.2, 0.25) is 0 Å². The van der Waals surface area contributed by atoms with Gasteiger partial charge in [-0.2, -0.15) is 0 Å². The molecule has 1 aromatic heterocycles. The van der Waals surface area contributed by atoms with Gasteiger partial charge in [-0.1, -0.05) is 23.9 Å². The average molecular weight is 265 g/mol. The molecule has 2 rings (SSSR count). The first kappa shape index (κ1) is 12.4. The number of aromatic hydroxyl groups is 1. The number of aliphatic carboxylic acids is 1. The Labute approximate surface area is 107 Å². The third kappa shape index (κ3) is 2.62. The molecule has 0 aliphatic rings. The van der Waals surface area contributed by atoms with Crippen molar-refractivity contribution in [3.05, 3.63) is 23.8 Å². The summed E-state index contributed by atoms with van der Waals surface area (Å²) in [6.45, 7) is 1.79. The average Bonchev–Trinajstić information content (AvgIpc) is 2.78. The van der Waals surface area contributed by atoms with E-state index in [1.165, 1.54) is 0 Å². The van der Waals surface area contributed by atoms with Crippen molar-refractivity contribution in [3.8, 4) is 17.1 Å². The highest BCUT2D eigenvalue weighted by molar-refractivity contribution is 7.99. The van der Waals surface area contributed by atoms with Crippen LogP contribution in [-0.2, 0) is 4.79 Å². The van der Waals surface area contributed by atoms with Crippen molar-refractivity contribution < 1.29 is 15.0 Å². The van der Waals surface area contributed by atoms with Crippen molar-refractivity contribution in [1.29, 1.82) is 0 Å². The van der Waals surface area contributed by atoms with Crippen molar-refractivity contribution in [1.82, 2.24) is 15.2 Å². The van der Waals surface area contributed by atoms with Gasteiger partial charge in [-0.05, 0) is 18.6 Å². The predicted molar refractivity (Wildman–Crippen MR) is 66.6 cm³/mol. The summed E-state index contributed by atoms with van der Waals surface area (Å²) in [5.41, 5.74) is 1.29. The zero-order chi connectivity index (χ0) is 13.1. The van der Waals surface area contributed by atoms with E-state index in [0.717, 1.165) is 17.3 Å². The van der Waals surface area contributed by atoms with Gasteiger partial charge in [0.1, 0.15) is 5.75 Å². The quantitative estimate of drug-likeness (QED) is 0.727. The maximum atomic E-state index is 10.4. The molecule has 0 aliphatic heterocycles. The highest BCUT2D eigenvalue weighted by Gasteiger charge is 2.12. The number of hydrogen-bond acceptors (Lipinski definition) is 5. The van der Waals surface area contributed by atoms with Gasteiger partial charge in [0.15, 0.2) is 5.82 Å².